The van der Waals surface area contributed by atoms with Crippen LogP contribution < -0.4 is 5.32 Å². The summed E-state index contributed by atoms with van der Waals surface area (Å²) in [5, 5.41) is 5.89. The number of ether oxygens (including phenoxy) is 1. The van der Waals surface area contributed by atoms with Gasteiger partial charge in [0.05, 0.1) is 16.6 Å². The van der Waals surface area contributed by atoms with Gasteiger partial charge in [0.15, 0.2) is 10.9 Å². The average Bonchev–Trinajstić information content (AvgIpc) is 3.33. The number of amides is 1. The molecule has 0 atom stereocenters. The van der Waals surface area contributed by atoms with Crippen molar-refractivity contribution >= 4 is 67.9 Å². The summed E-state index contributed by atoms with van der Waals surface area (Å²) in [4.78, 5) is 17.2. The predicted octanol–water partition coefficient (Wildman–Crippen LogP) is 6.32. The molecular weight excluding hydrogens is 427 g/mol. The number of nitrogens with zero attached hydrogens (tertiary/aromatic N) is 1. The predicted molar refractivity (Wildman–Crippen MR) is 110 cm³/mol. The maximum Gasteiger partial charge on any atom is 0.293 e. The number of thiazole rings is 1. The molecular formula is C18H12Cl2N2O3S2. The highest BCUT2D eigenvalue weighted by Crippen LogP contribution is 2.39. The Morgan fingerprint density at radius 3 is 2.89 bits per heavy atom. The van der Waals surface area contributed by atoms with Crippen LogP contribution in [0.1, 0.15) is 16.1 Å². The van der Waals surface area contributed by atoms with Gasteiger partial charge in [0.25, 0.3) is 5.91 Å². The fraction of sp³-hybridized carbons (Fsp3) is 0.111. The first-order valence-electron chi connectivity index (χ1n) is 7.78. The SMILES string of the molecule is COCc1c(C(=O)Nc2nc(-c3cc(Cl)sc3Cl)cs2)oc2ccccc12. The largest absolute Gasteiger partial charge is 0.451 e. The molecule has 4 rings (SSSR count). The number of hydrogen-bond acceptors (Lipinski definition) is 6. The van der Waals surface area contributed by atoms with E-state index in [0.717, 1.165) is 10.9 Å². The van der Waals surface area contributed by atoms with E-state index in [1.54, 1.807) is 13.2 Å². The summed E-state index contributed by atoms with van der Waals surface area (Å²) >= 11 is 14.7. The fourth-order valence-electron chi connectivity index (χ4n) is 2.69. The molecule has 27 heavy (non-hydrogen) atoms. The molecule has 0 aliphatic carbocycles. The van der Waals surface area contributed by atoms with Gasteiger partial charge in [-0.25, -0.2) is 4.98 Å². The third-order valence-corrected chi connectivity index (χ3v) is 6.10. The van der Waals surface area contributed by atoms with Crippen molar-refractivity contribution in [2.24, 2.45) is 0 Å². The van der Waals surface area contributed by atoms with Crippen LogP contribution in [0.3, 0.4) is 0 Å². The Balaban J connectivity index is 1.62. The number of benzene rings is 1. The third kappa shape index (κ3) is 3.61. The van der Waals surface area contributed by atoms with Crippen LogP contribution in [0.5, 0.6) is 0 Å². The number of thiophene rings is 1. The van der Waals surface area contributed by atoms with Gasteiger partial charge in [-0.15, -0.1) is 22.7 Å². The van der Waals surface area contributed by atoms with Crippen molar-refractivity contribution in [3.63, 3.8) is 0 Å². The lowest BCUT2D eigenvalue weighted by molar-refractivity contribution is 0.0992. The van der Waals surface area contributed by atoms with Gasteiger partial charge >= 0.3 is 0 Å². The van der Waals surface area contributed by atoms with Crippen LogP contribution in [-0.4, -0.2) is 18.0 Å². The average molecular weight is 439 g/mol. The molecule has 0 aliphatic rings. The number of hydrogen-bond donors (Lipinski definition) is 1. The summed E-state index contributed by atoms with van der Waals surface area (Å²) in [7, 11) is 1.58. The van der Waals surface area contributed by atoms with Crippen molar-refractivity contribution < 1.29 is 13.9 Å². The molecule has 1 N–H and O–H groups in total. The number of carbonyl (C=O) groups excluding carboxylic acids is 1. The maximum atomic E-state index is 12.8. The minimum absolute atomic E-state index is 0.214. The Bertz CT molecular complexity index is 1130. The lowest BCUT2D eigenvalue weighted by Crippen LogP contribution is -2.13. The number of anilines is 1. The summed E-state index contributed by atoms with van der Waals surface area (Å²) in [6.07, 6.45) is 0. The van der Waals surface area contributed by atoms with Crippen molar-refractivity contribution in [2.45, 2.75) is 6.61 Å². The standard InChI is InChI=1S/C18H12Cl2N2O3S2/c1-24-7-11-9-4-2-3-5-13(9)25-15(11)17(23)22-18-21-12(8-26-18)10-6-14(19)27-16(10)20/h2-6,8H,7H2,1H3,(H,21,22,23). The van der Waals surface area contributed by atoms with Gasteiger partial charge in [0.2, 0.25) is 0 Å². The molecule has 138 valence electrons. The molecule has 0 saturated carbocycles. The molecule has 0 saturated heterocycles. The van der Waals surface area contributed by atoms with Crippen LogP contribution >= 0.6 is 45.9 Å². The monoisotopic (exact) mass is 438 g/mol. The number of rotatable bonds is 5. The van der Waals surface area contributed by atoms with Gasteiger partial charge in [-0.05, 0) is 12.1 Å². The number of para-hydroxylation sites is 1. The van der Waals surface area contributed by atoms with Crippen LogP contribution in [0.4, 0.5) is 5.13 Å². The van der Waals surface area contributed by atoms with E-state index in [-0.39, 0.29) is 18.3 Å². The lowest BCUT2D eigenvalue weighted by atomic mass is 10.1. The van der Waals surface area contributed by atoms with Crippen molar-refractivity contribution in [1.29, 1.82) is 0 Å². The summed E-state index contributed by atoms with van der Waals surface area (Å²) in [6, 6.07) is 9.21. The van der Waals surface area contributed by atoms with E-state index in [0.29, 0.717) is 30.6 Å². The van der Waals surface area contributed by atoms with E-state index in [9.17, 15) is 4.79 Å². The van der Waals surface area contributed by atoms with Gasteiger partial charge in [0.1, 0.15) is 9.92 Å². The molecule has 0 bridgehead atoms. The minimum atomic E-state index is -0.381. The summed E-state index contributed by atoms with van der Waals surface area (Å²) < 4.78 is 12.1. The lowest BCUT2D eigenvalue weighted by Gasteiger charge is -2.02. The van der Waals surface area contributed by atoms with E-state index in [2.05, 4.69) is 10.3 Å². The van der Waals surface area contributed by atoms with Crippen LogP contribution in [0, 0.1) is 0 Å². The first-order chi connectivity index (χ1) is 13.1. The minimum Gasteiger partial charge on any atom is -0.451 e. The van der Waals surface area contributed by atoms with Crippen molar-refractivity contribution in [3.8, 4) is 11.3 Å². The molecule has 9 heteroatoms. The molecule has 5 nitrogen and oxygen atoms in total. The Labute approximate surface area is 172 Å². The van der Waals surface area contributed by atoms with E-state index in [1.165, 1.54) is 22.7 Å². The highest BCUT2D eigenvalue weighted by molar-refractivity contribution is 7.20. The molecule has 0 fully saturated rings. The number of fused-ring (bicyclic) bond motifs is 1. The first-order valence-corrected chi connectivity index (χ1v) is 10.2. The molecule has 0 radical (unpaired) electrons. The molecule has 1 amide bonds. The van der Waals surface area contributed by atoms with E-state index in [1.807, 2.05) is 29.6 Å². The summed E-state index contributed by atoms with van der Waals surface area (Å²) in [6.45, 7) is 0.270. The van der Waals surface area contributed by atoms with E-state index < -0.39 is 0 Å². The zero-order valence-corrected chi connectivity index (χ0v) is 17.1. The van der Waals surface area contributed by atoms with Crippen molar-refractivity contribution in [2.75, 3.05) is 12.4 Å². The highest BCUT2D eigenvalue weighted by atomic mass is 35.5. The number of carbonyl (C=O) groups is 1. The Morgan fingerprint density at radius 2 is 2.15 bits per heavy atom. The second-order valence-corrected chi connectivity index (χ2v) is 8.71. The quantitative estimate of drug-likeness (QED) is 0.395. The second-order valence-electron chi connectivity index (χ2n) is 5.57. The zero-order valence-electron chi connectivity index (χ0n) is 13.9. The fourth-order valence-corrected chi connectivity index (χ4v) is 4.88. The molecule has 0 aliphatic heterocycles. The van der Waals surface area contributed by atoms with Gasteiger partial charge < -0.3 is 9.15 Å². The van der Waals surface area contributed by atoms with Crippen LogP contribution in [0.2, 0.25) is 8.67 Å². The van der Waals surface area contributed by atoms with Gasteiger partial charge in [-0.3, -0.25) is 10.1 Å². The molecule has 1 aromatic carbocycles. The first kappa shape index (κ1) is 18.5. The molecule has 0 spiro atoms. The number of furan rings is 1. The van der Waals surface area contributed by atoms with Crippen LogP contribution in [0.15, 0.2) is 40.1 Å². The van der Waals surface area contributed by atoms with E-state index in [4.69, 9.17) is 32.4 Å². The zero-order chi connectivity index (χ0) is 19.0. The topological polar surface area (TPSA) is 64.4 Å². The van der Waals surface area contributed by atoms with Crippen LogP contribution in [0.25, 0.3) is 22.2 Å². The van der Waals surface area contributed by atoms with E-state index >= 15 is 0 Å². The normalized spacial score (nSPS) is 11.2. The highest BCUT2D eigenvalue weighted by Gasteiger charge is 2.22. The van der Waals surface area contributed by atoms with Crippen LogP contribution in [-0.2, 0) is 11.3 Å². The summed E-state index contributed by atoms with van der Waals surface area (Å²) in [5.74, 6) is -0.167. The smallest absolute Gasteiger partial charge is 0.293 e. The van der Waals surface area contributed by atoms with Gasteiger partial charge in [0, 0.05) is 29.0 Å². The number of aromatic nitrogens is 1. The molecule has 3 heterocycles. The Morgan fingerprint density at radius 1 is 1.33 bits per heavy atom. The van der Waals surface area contributed by atoms with Crippen molar-refractivity contribution in [3.05, 3.63) is 55.7 Å². The number of halogens is 2. The Kier molecular flexibility index (Phi) is 5.21. The number of methoxy groups -OCH3 is 1. The molecule has 4 aromatic rings. The van der Waals surface area contributed by atoms with Gasteiger partial charge in [-0.1, -0.05) is 41.4 Å². The van der Waals surface area contributed by atoms with Crippen molar-refractivity contribution in [1.82, 2.24) is 4.98 Å². The van der Waals surface area contributed by atoms with Gasteiger partial charge in [-0.2, -0.15) is 0 Å². The Hall–Kier alpha value is -1.90. The maximum absolute atomic E-state index is 12.8. The summed E-state index contributed by atoms with van der Waals surface area (Å²) in [5.41, 5.74) is 2.74. The molecule has 0 unspecified atom stereocenters. The second kappa shape index (κ2) is 7.61. The molecule has 3 aromatic heterocycles. The number of nitrogens with one attached hydrogen (secondary N) is 1. The third-order valence-electron chi connectivity index (χ3n) is 3.85.